The Hall–Kier alpha value is -1.35. The third-order valence-electron chi connectivity index (χ3n) is 3.18. The number of aliphatic hydroxyl groups excluding tert-OH is 1. The lowest BCUT2D eigenvalue weighted by molar-refractivity contribution is -0.144. The maximum Gasteiger partial charge on any atom is 0.306 e. The maximum atomic E-state index is 10.9. The minimum absolute atomic E-state index is 0.307. The van der Waals surface area contributed by atoms with E-state index >= 15 is 0 Å². The molecule has 16 heavy (non-hydrogen) atoms. The second kappa shape index (κ2) is 5.12. The monoisotopic (exact) mass is 222 g/mol. The number of aryl methyl sites for hydroxylation is 1. The van der Waals surface area contributed by atoms with E-state index in [1.54, 1.807) is 13.8 Å². The molecule has 0 fully saturated rings. The average molecular weight is 222 g/mol. The van der Waals surface area contributed by atoms with Gasteiger partial charge in [0.25, 0.3) is 0 Å². The normalized spacial score (nSPS) is 16.5. The molecule has 3 heteroatoms. The number of carboxylic acid groups (broad SMARTS) is 1. The predicted molar refractivity (Wildman–Crippen MR) is 62.1 cm³/mol. The summed E-state index contributed by atoms with van der Waals surface area (Å²) in [4.78, 5) is 10.9. The van der Waals surface area contributed by atoms with E-state index in [1.165, 1.54) is 0 Å². The molecular weight excluding hydrogens is 204 g/mol. The molecule has 0 saturated carbocycles. The van der Waals surface area contributed by atoms with E-state index in [-0.39, 0.29) is 5.92 Å². The van der Waals surface area contributed by atoms with Gasteiger partial charge in [-0.3, -0.25) is 4.79 Å². The number of hydrogen-bond acceptors (Lipinski definition) is 2. The minimum atomic E-state index is -0.875. The van der Waals surface area contributed by atoms with Crippen molar-refractivity contribution in [1.82, 2.24) is 0 Å². The minimum Gasteiger partial charge on any atom is -0.481 e. The van der Waals surface area contributed by atoms with E-state index in [2.05, 4.69) is 0 Å². The van der Waals surface area contributed by atoms with Crippen LogP contribution < -0.4 is 0 Å². The molecule has 0 aromatic heterocycles. The first kappa shape index (κ1) is 12.7. The number of hydrogen-bond donors (Lipinski definition) is 2. The lowest BCUT2D eigenvalue weighted by Crippen LogP contribution is -2.24. The van der Waals surface area contributed by atoms with Crippen molar-refractivity contribution in [3.8, 4) is 0 Å². The van der Waals surface area contributed by atoms with Gasteiger partial charge in [0, 0.05) is 0 Å². The van der Waals surface area contributed by atoms with Gasteiger partial charge in [0.05, 0.1) is 12.0 Å². The summed E-state index contributed by atoms with van der Waals surface area (Å²) in [5.41, 5.74) is 1.79. The highest BCUT2D eigenvalue weighted by Crippen LogP contribution is 2.29. The summed E-state index contributed by atoms with van der Waals surface area (Å²) >= 11 is 0. The van der Waals surface area contributed by atoms with Gasteiger partial charge in [-0.05, 0) is 24.0 Å². The first-order valence-corrected chi connectivity index (χ1v) is 5.41. The molecule has 0 aliphatic heterocycles. The van der Waals surface area contributed by atoms with Gasteiger partial charge in [-0.2, -0.15) is 0 Å². The van der Waals surface area contributed by atoms with Gasteiger partial charge in [0.15, 0.2) is 0 Å². The second-order valence-corrected chi connectivity index (χ2v) is 4.29. The number of rotatable bonds is 4. The zero-order valence-electron chi connectivity index (χ0n) is 9.84. The zero-order chi connectivity index (χ0) is 12.3. The lowest BCUT2D eigenvalue weighted by atomic mass is 9.85. The first-order chi connectivity index (χ1) is 7.45. The summed E-state index contributed by atoms with van der Waals surface area (Å²) < 4.78 is 0. The van der Waals surface area contributed by atoms with E-state index in [1.807, 2.05) is 31.2 Å². The van der Waals surface area contributed by atoms with Gasteiger partial charge >= 0.3 is 5.97 Å². The molecule has 0 bridgehead atoms. The quantitative estimate of drug-likeness (QED) is 0.822. The van der Waals surface area contributed by atoms with Gasteiger partial charge < -0.3 is 10.2 Å². The summed E-state index contributed by atoms with van der Waals surface area (Å²) in [7, 11) is 0. The highest BCUT2D eigenvalue weighted by atomic mass is 16.4. The van der Waals surface area contributed by atoms with E-state index in [9.17, 15) is 9.90 Å². The third-order valence-corrected chi connectivity index (χ3v) is 3.18. The molecule has 3 unspecified atom stereocenters. The molecule has 1 aromatic rings. The van der Waals surface area contributed by atoms with Gasteiger partial charge in [-0.15, -0.1) is 0 Å². The Bertz CT molecular complexity index is 373. The SMILES string of the molecule is Cc1ccccc1C(O)C(C)C(C)C(=O)O. The van der Waals surface area contributed by atoms with Crippen molar-refractivity contribution in [3.05, 3.63) is 35.4 Å². The molecule has 0 saturated heterocycles. The topological polar surface area (TPSA) is 57.5 Å². The molecule has 88 valence electrons. The Kier molecular flexibility index (Phi) is 4.07. The number of carbonyl (C=O) groups is 1. The van der Waals surface area contributed by atoms with Crippen molar-refractivity contribution >= 4 is 5.97 Å². The lowest BCUT2D eigenvalue weighted by Gasteiger charge is -2.23. The van der Waals surface area contributed by atoms with Gasteiger partial charge in [-0.25, -0.2) is 0 Å². The van der Waals surface area contributed by atoms with Crippen LogP contribution in [0.2, 0.25) is 0 Å². The average Bonchev–Trinajstić information content (AvgIpc) is 2.26. The molecule has 0 radical (unpaired) electrons. The van der Waals surface area contributed by atoms with Crippen LogP contribution >= 0.6 is 0 Å². The Morgan fingerprint density at radius 1 is 1.25 bits per heavy atom. The van der Waals surface area contributed by atoms with Gasteiger partial charge in [-0.1, -0.05) is 38.1 Å². The maximum absolute atomic E-state index is 10.9. The second-order valence-electron chi connectivity index (χ2n) is 4.29. The molecule has 1 rings (SSSR count). The van der Waals surface area contributed by atoms with E-state index in [0.717, 1.165) is 11.1 Å². The van der Waals surface area contributed by atoms with Crippen LogP contribution in [0, 0.1) is 18.8 Å². The largest absolute Gasteiger partial charge is 0.481 e. The Labute approximate surface area is 95.7 Å². The fraction of sp³-hybridized carbons (Fsp3) is 0.462. The molecule has 2 N–H and O–H groups in total. The van der Waals surface area contributed by atoms with Crippen molar-refractivity contribution in [2.45, 2.75) is 26.9 Å². The van der Waals surface area contributed by atoms with Crippen LogP contribution in [-0.4, -0.2) is 16.2 Å². The summed E-state index contributed by atoms with van der Waals surface area (Å²) in [5.74, 6) is -1.74. The van der Waals surface area contributed by atoms with E-state index in [0.29, 0.717) is 0 Å². The highest BCUT2D eigenvalue weighted by molar-refractivity contribution is 5.69. The number of aliphatic hydroxyl groups is 1. The molecule has 0 aliphatic carbocycles. The van der Waals surface area contributed by atoms with Crippen molar-refractivity contribution in [2.75, 3.05) is 0 Å². The molecule has 1 aromatic carbocycles. The molecule has 3 nitrogen and oxygen atoms in total. The molecule has 0 heterocycles. The standard InChI is InChI=1S/C13H18O3/c1-8-6-4-5-7-11(8)12(14)9(2)10(3)13(15)16/h4-7,9-10,12,14H,1-3H3,(H,15,16). The van der Waals surface area contributed by atoms with Crippen LogP contribution in [0.25, 0.3) is 0 Å². The van der Waals surface area contributed by atoms with Gasteiger partial charge in [0.2, 0.25) is 0 Å². The Morgan fingerprint density at radius 2 is 1.81 bits per heavy atom. The summed E-state index contributed by atoms with van der Waals surface area (Å²) in [6.07, 6.45) is -0.729. The van der Waals surface area contributed by atoms with Crippen molar-refractivity contribution < 1.29 is 15.0 Å². The zero-order valence-corrected chi connectivity index (χ0v) is 9.84. The summed E-state index contributed by atoms with van der Waals surface area (Å²) in [5, 5.41) is 19.0. The predicted octanol–water partition coefficient (Wildman–Crippen LogP) is 2.39. The van der Waals surface area contributed by atoms with E-state index in [4.69, 9.17) is 5.11 Å². The smallest absolute Gasteiger partial charge is 0.306 e. The van der Waals surface area contributed by atoms with Gasteiger partial charge in [0.1, 0.15) is 0 Å². The number of aliphatic carboxylic acids is 1. The summed E-state index contributed by atoms with van der Waals surface area (Å²) in [6, 6.07) is 7.50. The molecule has 0 spiro atoms. The number of benzene rings is 1. The van der Waals surface area contributed by atoms with Crippen LogP contribution in [0.4, 0.5) is 0 Å². The van der Waals surface area contributed by atoms with Crippen molar-refractivity contribution in [1.29, 1.82) is 0 Å². The van der Waals surface area contributed by atoms with Crippen LogP contribution in [-0.2, 0) is 4.79 Å². The fourth-order valence-corrected chi connectivity index (χ4v) is 1.70. The highest BCUT2D eigenvalue weighted by Gasteiger charge is 2.27. The summed E-state index contributed by atoms with van der Waals surface area (Å²) in [6.45, 7) is 5.29. The fourth-order valence-electron chi connectivity index (χ4n) is 1.70. The van der Waals surface area contributed by atoms with Crippen molar-refractivity contribution in [3.63, 3.8) is 0 Å². The van der Waals surface area contributed by atoms with Crippen LogP contribution in [0.15, 0.2) is 24.3 Å². The molecular formula is C13H18O3. The Balaban J connectivity index is 2.90. The Morgan fingerprint density at radius 3 is 2.31 bits per heavy atom. The van der Waals surface area contributed by atoms with Crippen LogP contribution in [0.1, 0.15) is 31.1 Å². The van der Waals surface area contributed by atoms with Crippen LogP contribution in [0.5, 0.6) is 0 Å². The van der Waals surface area contributed by atoms with Crippen molar-refractivity contribution in [2.24, 2.45) is 11.8 Å². The molecule has 0 aliphatic rings. The van der Waals surface area contributed by atoms with E-state index < -0.39 is 18.0 Å². The number of carboxylic acids is 1. The van der Waals surface area contributed by atoms with Crippen LogP contribution in [0.3, 0.4) is 0 Å². The molecule has 3 atom stereocenters. The third kappa shape index (κ3) is 2.61. The first-order valence-electron chi connectivity index (χ1n) is 5.41. The molecule has 0 amide bonds.